The first kappa shape index (κ1) is 15.3. The molecule has 0 unspecified atom stereocenters. The predicted molar refractivity (Wildman–Crippen MR) is 95.5 cm³/mol. The van der Waals surface area contributed by atoms with Gasteiger partial charge >= 0.3 is 0 Å². The lowest BCUT2D eigenvalue weighted by Gasteiger charge is -2.07. The van der Waals surface area contributed by atoms with Crippen molar-refractivity contribution in [1.82, 2.24) is 9.97 Å². The van der Waals surface area contributed by atoms with E-state index in [1.807, 2.05) is 11.6 Å². The molecule has 0 spiro atoms. The number of hydrogen-bond acceptors (Lipinski definition) is 3. The van der Waals surface area contributed by atoms with Gasteiger partial charge in [0.15, 0.2) is 0 Å². The SMILES string of the molecule is CC(C)c1cccc2c(CCCCN)c(-c3nccs3)[nH]c12. The summed E-state index contributed by atoms with van der Waals surface area (Å²) in [5.41, 5.74) is 10.9. The van der Waals surface area contributed by atoms with E-state index >= 15 is 0 Å². The summed E-state index contributed by atoms with van der Waals surface area (Å²) in [7, 11) is 0. The highest BCUT2D eigenvalue weighted by Crippen LogP contribution is 2.35. The lowest BCUT2D eigenvalue weighted by molar-refractivity contribution is 0.748. The van der Waals surface area contributed by atoms with Crippen molar-refractivity contribution in [2.24, 2.45) is 5.73 Å². The van der Waals surface area contributed by atoms with Gasteiger partial charge in [-0.2, -0.15) is 0 Å². The molecule has 3 rings (SSSR count). The molecule has 3 aromatic rings. The molecule has 0 atom stereocenters. The minimum absolute atomic E-state index is 0.503. The lowest BCUT2D eigenvalue weighted by Crippen LogP contribution is -1.99. The predicted octanol–water partition coefficient (Wildman–Crippen LogP) is 4.70. The van der Waals surface area contributed by atoms with Gasteiger partial charge < -0.3 is 10.7 Å². The zero-order valence-electron chi connectivity index (χ0n) is 13.2. The monoisotopic (exact) mass is 313 g/mol. The number of aryl methyl sites for hydroxylation is 1. The van der Waals surface area contributed by atoms with Crippen molar-refractivity contribution in [2.75, 3.05) is 6.54 Å². The van der Waals surface area contributed by atoms with Crippen molar-refractivity contribution in [2.45, 2.75) is 39.0 Å². The Balaban J connectivity index is 2.15. The van der Waals surface area contributed by atoms with Crippen LogP contribution in [0.25, 0.3) is 21.6 Å². The molecule has 0 aliphatic heterocycles. The van der Waals surface area contributed by atoms with Gasteiger partial charge in [0.05, 0.1) is 5.69 Å². The number of fused-ring (bicyclic) bond motifs is 1. The van der Waals surface area contributed by atoms with Crippen molar-refractivity contribution in [1.29, 1.82) is 0 Å². The molecule has 0 amide bonds. The van der Waals surface area contributed by atoms with Gasteiger partial charge in [-0.05, 0) is 42.9 Å². The topological polar surface area (TPSA) is 54.7 Å². The number of benzene rings is 1. The minimum Gasteiger partial charge on any atom is -0.352 e. The smallest absolute Gasteiger partial charge is 0.139 e. The molecule has 0 saturated carbocycles. The van der Waals surface area contributed by atoms with Gasteiger partial charge in [-0.1, -0.05) is 32.0 Å². The minimum atomic E-state index is 0.503. The van der Waals surface area contributed by atoms with Crippen LogP contribution in [-0.4, -0.2) is 16.5 Å². The van der Waals surface area contributed by atoms with Gasteiger partial charge in [0.2, 0.25) is 0 Å². The third kappa shape index (κ3) is 2.81. The normalized spacial score (nSPS) is 11.6. The number of hydrogen-bond donors (Lipinski definition) is 2. The van der Waals surface area contributed by atoms with E-state index in [1.54, 1.807) is 11.3 Å². The summed E-state index contributed by atoms with van der Waals surface area (Å²) in [6.07, 6.45) is 5.10. The first-order valence-electron chi connectivity index (χ1n) is 7.95. The second-order valence-corrected chi connectivity index (χ2v) is 6.88. The molecule has 0 fully saturated rings. The molecule has 0 aliphatic carbocycles. The van der Waals surface area contributed by atoms with Crippen LogP contribution < -0.4 is 5.73 Å². The van der Waals surface area contributed by atoms with Crippen molar-refractivity contribution < 1.29 is 0 Å². The van der Waals surface area contributed by atoms with Gasteiger partial charge in [-0.25, -0.2) is 4.98 Å². The fraction of sp³-hybridized carbons (Fsp3) is 0.389. The summed E-state index contributed by atoms with van der Waals surface area (Å²) in [6, 6.07) is 6.62. The highest BCUT2D eigenvalue weighted by molar-refractivity contribution is 7.13. The molecule has 116 valence electrons. The number of nitrogens with zero attached hydrogens (tertiary/aromatic N) is 1. The Morgan fingerprint density at radius 1 is 1.27 bits per heavy atom. The van der Waals surface area contributed by atoms with Crippen LogP contribution in [0.4, 0.5) is 0 Å². The van der Waals surface area contributed by atoms with Gasteiger partial charge in [0.1, 0.15) is 5.01 Å². The van der Waals surface area contributed by atoms with Crippen LogP contribution in [0.1, 0.15) is 43.7 Å². The van der Waals surface area contributed by atoms with Gasteiger partial charge in [0, 0.05) is 22.5 Å². The fourth-order valence-electron chi connectivity index (χ4n) is 3.01. The van der Waals surface area contributed by atoms with Crippen molar-refractivity contribution >= 4 is 22.2 Å². The van der Waals surface area contributed by atoms with E-state index in [1.165, 1.54) is 27.7 Å². The van der Waals surface area contributed by atoms with Crippen molar-refractivity contribution in [3.63, 3.8) is 0 Å². The lowest BCUT2D eigenvalue weighted by atomic mass is 9.98. The second kappa shape index (κ2) is 6.63. The van der Waals surface area contributed by atoms with Gasteiger partial charge in [-0.15, -0.1) is 11.3 Å². The molecule has 2 heterocycles. The van der Waals surface area contributed by atoms with Crippen molar-refractivity contribution in [3.05, 3.63) is 40.9 Å². The molecule has 0 radical (unpaired) electrons. The maximum atomic E-state index is 5.66. The van der Waals surface area contributed by atoms with Crippen molar-refractivity contribution in [3.8, 4) is 10.7 Å². The molecule has 0 aliphatic rings. The Kier molecular flexibility index (Phi) is 4.60. The number of nitrogens with one attached hydrogen (secondary N) is 1. The molecule has 4 heteroatoms. The Morgan fingerprint density at radius 3 is 2.82 bits per heavy atom. The van der Waals surface area contributed by atoms with Crippen LogP contribution in [0.15, 0.2) is 29.8 Å². The molecular weight excluding hydrogens is 290 g/mol. The summed E-state index contributed by atoms with van der Waals surface area (Å²) in [5, 5.41) is 4.45. The highest BCUT2D eigenvalue weighted by atomic mass is 32.1. The van der Waals surface area contributed by atoms with Crippen LogP contribution >= 0.6 is 11.3 Å². The van der Waals surface area contributed by atoms with Crippen LogP contribution in [0.2, 0.25) is 0 Å². The van der Waals surface area contributed by atoms with Gasteiger partial charge in [-0.3, -0.25) is 0 Å². The molecule has 1 aromatic carbocycles. The quantitative estimate of drug-likeness (QED) is 0.648. The number of unbranched alkanes of at least 4 members (excludes halogenated alkanes) is 1. The second-order valence-electron chi connectivity index (χ2n) is 5.99. The maximum absolute atomic E-state index is 5.66. The number of H-pyrrole nitrogens is 1. The van der Waals surface area contributed by atoms with Gasteiger partial charge in [0.25, 0.3) is 0 Å². The Labute approximate surface area is 135 Å². The standard InChI is InChI=1S/C18H23N3S/c1-12(2)13-7-5-8-14-15(6-3-4-9-19)17(21-16(13)14)18-20-10-11-22-18/h5,7-8,10-12,21H,3-4,6,9,19H2,1-2H3. The average Bonchev–Trinajstić information content (AvgIpc) is 3.14. The number of aromatic amines is 1. The number of nitrogens with two attached hydrogens (primary N) is 1. The number of aromatic nitrogens is 2. The summed E-state index contributed by atoms with van der Waals surface area (Å²) in [5.74, 6) is 0.503. The molecule has 22 heavy (non-hydrogen) atoms. The maximum Gasteiger partial charge on any atom is 0.139 e. The molecule has 3 N–H and O–H groups in total. The summed E-state index contributed by atoms with van der Waals surface area (Å²) >= 11 is 1.69. The van der Waals surface area contributed by atoms with E-state index in [0.29, 0.717) is 5.92 Å². The molecule has 0 saturated heterocycles. The Morgan fingerprint density at radius 2 is 2.14 bits per heavy atom. The molecular formula is C18H23N3S. The highest BCUT2D eigenvalue weighted by Gasteiger charge is 2.17. The van der Waals surface area contributed by atoms with E-state index in [2.05, 4.69) is 42.0 Å². The molecule has 0 bridgehead atoms. The summed E-state index contributed by atoms with van der Waals surface area (Å²) in [6.45, 7) is 5.24. The molecule has 3 nitrogen and oxygen atoms in total. The van der Waals surface area contributed by atoms with E-state index in [9.17, 15) is 0 Å². The van der Waals surface area contributed by atoms with E-state index in [-0.39, 0.29) is 0 Å². The van der Waals surface area contributed by atoms with E-state index < -0.39 is 0 Å². The van der Waals surface area contributed by atoms with Crippen LogP contribution in [0.5, 0.6) is 0 Å². The summed E-state index contributed by atoms with van der Waals surface area (Å²) in [4.78, 5) is 8.17. The zero-order valence-corrected chi connectivity index (χ0v) is 14.0. The Bertz CT molecular complexity index is 741. The Hall–Kier alpha value is -1.65. The number of para-hydroxylation sites is 1. The van der Waals surface area contributed by atoms with Crippen LogP contribution in [0.3, 0.4) is 0 Å². The summed E-state index contributed by atoms with van der Waals surface area (Å²) < 4.78 is 0. The zero-order chi connectivity index (χ0) is 15.5. The average molecular weight is 313 g/mol. The van der Waals surface area contributed by atoms with E-state index in [4.69, 9.17) is 5.73 Å². The largest absolute Gasteiger partial charge is 0.352 e. The van der Waals surface area contributed by atoms with Crippen LogP contribution in [0, 0.1) is 0 Å². The fourth-order valence-corrected chi connectivity index (χ4v) is 3.68. The third-order valence-electron chi connectivity index (χ3n) is 4.12. The first-order chi connectivity index (χ1) is 10.7. The number of thiazole rings is 1. The first-order valence-corrected chi connectivity index (χ1v) is 8.83. The number of rotatable bonds is 6. The van der Waals surface area contributed by atoms with Crippen LogP contribution in [-0.2, 0) is 6.42 Å². The molecule has 2 aromatic heterocycles. The van der Waals surface area contributed by atoms with E-state index in [0.717, 1.165) is 30.8 Å². The third-order valence-corrected chi connectivity index (χ3v) is 4.91.